The molecule has 1 aliphatic carbocycles. The fourth-order valence-corrected chi connectivity index (χ4v) is 2.37. The highest BCUT2D eigenvalue weighted by atomic mass is 19.4. The smallest absolute Gasteiger partial charge is 0.404 e. The van der Waals surface area contributed by atoms with Gasteiger partial charge in [0.1, 0.15) is 11.6 Å². The lowest BCUT2D eigenvalue weighted by Crippen LogP contribution is -2.52. The number of carbonyl (C=O) groups excluding carboxylic acids is 1. The molecule has 1 saturated carbocycles. The van der Waals surface area contributed by atoms with E-state index in [9.17, 15) is 18.0 Å². The van der Waals surface area contributed by atoms with Crippen LogP contribution in [0.25, 0.3) is 0 Å². The molecule has 3 rings (SSSR count). The highest BCUT2D eigenvalue weighted by Crippen LogP contribution is 2.52. The quantitative estimate of drug-likeness (QED) is 0.650. The van der Waals surface area contributed by atoms with Gasteiger partial charge >= 0.3 is 12.1 Å². The number of alkyl halides is 3. The first-order valence-electron chi connectivity index (χ1n) is 4.32. The molecule has 2 saturated heterocycles. The van der Waals surface area contributed by atoms with Gasteiger partial charge in [0.25, 0.3) is 0 Å². The third kappa shape index (κ3) is 1.13. The molecule has 1 atom stereocenters. The van der Waals surface area contributed by atoms with Crippen LogP contribution in [0.4, 0.5) is 13.2 Å². The van der Waals surface area contributed by atoms with E-state index in [-0.39, 0.29) is 12.8 Å². The van der Waals surface area contributed by atoms with Gasteiger partial charge in [0, 0.05) is 0 Å². The summed E-state index contributed by atoms with van der Waals surface area (Å²) < 4.78 is 41.5. The maximum absolute atomic E-state index is 12.4. The number of nitrogens with one attached hydrogen (secondary N) is 1. The van der Waals surface area contributed by atoms with Gasteiger partial charge in [-0.15, -0.1) is 0 Å². The predicted molar refractivity (Wildman–Crippen MR) is 40.4 cm³/mol. The van der Waals surface area contributed by atoms with Gasteiger partial charge in [-0.3, -0.25) is 10.1 Å². The van der Waals surface area contributed by atoms with Gasteiger partial charge in [0.05, 0.1) is 7.11 Å². The summed E-state index contributed by atoms with van der Waals surface area (Å²) in [6.45, 7) is 0. The Kier molecular flexibility index (Phi) is 1.83. The van der Waals surface area contributed by atoms with Crippen molar-refractivity contribution in [1.29, 1.82) is 0 Å². The summed E-state index contributed by atoms with van der Waals surface area (Å²) in [6, 6.07) is -1.54. The fourth-order valence-electron chi connectivity index (χ4n) is 2.37. The zero-order chi connectivity index (χ0) is 10.6. The Hall–Kier alpha value is -0.780. The van der Waals surface area contributed by atoms with Crippen LogP contribution in [0, 0.1) is 5.92 Å². The summed E-state index contributed by atoms with van der Waals surface area (Å²) in [5, 5.41) is 2.33. The summed E-state index contributed by atoms with van der Waals surface area (Å²) in [5.41, 5.74) is -1.06. The van der Waals surface area contributed by atoms with Crippen LogP contribution >= 0.6 is 0 Å². The van der Waals surface area contributed by atoms with Crippen LogP contribution in [0.3, 0.4) is 0 Å². The molecule has 3 fully saturated rings. The molecule has 0 aromatic rings. The Morgan fingerprint density at radius 2 is 2.07 bits per heavy atom. The molecular formula is C8H10F3NO2. The first-order valence-corrected chi connectivity index (χ1v) is 4.32. The zero-order valence-electron chi connectivity index (χ0n) is 7.52. The van der Waals surface area contributed by atoms with Crippen LogP contribution in [-0.4, -0.2) is 30.8 Å². The molecule has 2 heterocycles. The van der Waals surface area contributed by atoms with Crippen molar-refractivity contribution in [1.82, 2.24) is 5.32 Å². The molecule has 1 unspecified atom stereocenters. The van der Waals surface area contributed by atoms with E-state index >= 15 is 0 Å². The van der Waals surface area contributed by atoms with Gasteiger partial charge in [0.15, 0.2) is 0 Å². The van der Waals surface area contributed by atoms with E-state index in [0.29, 0.717) is 0 Å². The average molecular weight is 209 g/mol. The molecule has 2 aliphatic heterocycles. The van der Waals surface area contributed by atoms with Gasteiger partial charge < -0.3 is 4.74 Å². The summed E-state index contributed by atoms with van der Waals surface area (Å²) in [6.07, 6.45) is -3.79. The molecule has 1 N–H and O–H groups in total. The third-order valence-corrected chi connectivity index (χ3v) is 3.05. The lowest BCUT2D eigenvalue weighted by Gasteiger charge is -2.34. The Morgan fingerprint density at radius 1 is 1.50 bits per heavy atom. The molecule has 6 heteroatoms. The number of fused-ring (bicyclic) bond motifs is 1. The molecule has 0 spiro atoms. The van der Waals surface area contributed by atoms with Crippen LogP contribution in [0.15, 0.2) is 0 Å². The largest absolute Gasteiger partial charge is 0.468 e. The van der Waals surface area contributed by atoms with Gasteiger partial charge in [-0.05, 0) is 18.8 Å². The first-order chi connectivity index (χ1) is 6.39. The maximum Gasteiger partial charge on any atom is 0.404 e. The average Bonchev–Trinajstić information content (AvgIpc) is 2.54. The molecule has 2 bridgehead atoms. The predicted octanol–water partition coefficient (Wildman–Crippen LogP) is 0.842. The molecule has 0 radical (unpaired) electrons. The first kappa shape index (κ1) is 9.76. The minimum atomic E-state index is -4.27. The standard InChI is InChI=1S/C8H10F3NO2/c1-14-6(13)7-2-4(3-7)5(12-7)8(9,10)11/h4-5,12H,2-3H2,1H3. The highest BCUT2D eigenvalue weighted by Gasteiger charge is 2.67. The van der Waals surface area contributed by atoms with Gasteiger partial charge in [-0.2, -0.15) is 13.2 Å². The number of ether oxygens (including phenoxy) is 1. The van der Waals surface area contributed by atoms with Crippen molar-refractivity contribution in [3.05, 3.63) is 0 Å². The number of hydrogen-bond acceptors (Lipinski definition) is 3. The van der Waals surface area contributed by atoms with Crippen LogP contribution in [0.1, 0.15) is 12.8 Å². The van der Waals surface area contributed by atoms with E-state index in [1.54, 1.807) is 0 Å². The van der Waals surface area contributed by atoms with E-state index in [1.165, 1.54) is 7.11 Å². The van der Waals surface area contributed by atoms with E-state index in [4.69, 9.17) is 0 Å². The van der Waals surface area contributed by atoms with Crippen molar-refractivity contribution in [2.75, 3.05) is 7.11 Å². The minimum absolute atomic E-state index is 0.240. The summed E-state index contributed by atoms with van der Waals surface area (Å²) in [7, 11) is 1.19. The van der Waals surface area contributed by atoms with E-state index in [1.807, 2.05) is 0 Å². The maximum atomic E-state index is 12.4. The fraction of sp³-hybridized carbons (Fsp3) is 0.875. The zero-order valence-corrected chi connectivity index (χ0v) is 7.52. The molecule has 14 heavy (non-hydrogen) atoms. The van der Waals surface area contributed by atoms with Crippen molar-refractivity contribution in [2.24, 2.45) is 5.92 Å². The molecule has 80 valence electrons. The van der Waals surface area contributed by atoms with E-state index in [0.717, 1.165) is 0 Å². The molecule has 0 aromatic heterocycles. The van der Waals surface area contributed by atoms with Gasteiger partial charge in [-0.25, -0.2) is 0 Å². The summed E-state index contributed by atoms with van der Waals surface area (Å²) in [4.78, 5) is 11.2. The van der Waals surface area contributed by atoms with Crippen LogP contribution in [-0.2, 0) is 9.53 Å². The Bertz CT molecular complexity index is 270. The van der Waals surface area contributed by atoms with E-state index in [2.05, 4.69) is 10.1 Å². The molecule has 3 aliphatic rings. The third-order valence-electron chi connectivity index (χ3n) is 3.05. The number of esters is 1. The second-order valence-corrected chi connectivity index (χ2v) is 3.91. The Morgan fingerprint density at radius 3 is 2.43 bits per heavy atom. The monoisotopic (exact) mass is 209 g/mol. The highest BCUT2D eigenvalue weighted by molar-refractivity contribution is 5.83. The molecule has 3 nitrogen and oxygen atoms in total. The second kappa shape index (κ2) is 2.62. The van der Waals surface area contributed by atoms with Crippen LogP contribution in [0.2, 0.25) is 0 Å². The molecule has 0 amide bonds. The molecule has 0 aromatic carbocycles. The topological polar surface area (TPSA) is 38.3 Å². The lowest BCUT2D eigenvalue weighted by molar-refractivity contribution is -0.157. The number of rotatable bonds is 1. The van der Waals surface area contributed by atoms with E-state index < -0.39 is 29.6 Å². The van der Waals surface area contributed by atoms with Gasteiger partial charge in [0.2, 0.25) is 0 Å². The minimum Gasteiger partial charge on any atom is -0.468 e. The second-order valence-electron chi connectivity index (χ2n) is 3.91. The molecular weight excluding hydrogens is 199 g/mol. The summed E-state index contributed by atoms with van der Waals surface area (Å²) >= 11 is 0. The van der Waals surface area contributed by atoms with Gasteiger partial charge in [-0.1, -0.05) is 0 Å². The van der Waals surface area contributed by atoms with Crippen molar-refractivity contribution < 1.29 is 22.7 Å². The number of methoxy groups -OCH3 is 1. The Labute approximate surface area is 78.6 Å². The SMILES string of the molecule is COC(=O)C12CC(C1)C(C(F)(F)F)N2. The van der Waals surface area contributed by atoms with Crippen molar-refractivity contribution in [2.45, 2.75) is 30.6 Å². The van der Waals surface area contributed by atoms with Crippen LogP contribution < -0.4 is 5.32 Å². The number of hydrogen-bond donors (Lipinski definition) is 1. The van der Waals surface area contributed by atoms with Crippen molar-refractivity contribution >= 4 is 5.97 Å². The Balaban J connectivity index is 2.11. The number of carbonyl (C=O) groups is 1. The number of halogens is 3. The van der Waals surface area contributed by atoms with Crippen molar-refractivity contribution in [3.63, 3.8) is 0 Å². The normalized spacial score (nSPS) is 40.6. The summed E-state index contributed by atoms with van der Waals surface area (Å²) in [5.74, 6) is -1.05. The van der Waals surface area contributed by atoms with Crippen LogP contribution in [0.5, 0.6) is 0 Å². The van der Waals surface area contributed by atoms with Crippen molar-refractivity contribution in [3.8, 4) is 0 Å². The lowest BCUT2D eigenvalue weighted by atomic mass is 9.72.